The average Bonchev–Trinajstić information content (AvgIpc) is 2.52. The van der Waals surface area contributed by atoms with Crippen molar-refractivity contribution in [3.05, 3.63) is 69.5 Å². The summed E-state index contributed by atoms with van der Waals surface area (Å²) in [5, 5.41) is 24.0. The molecule has 0 aliphatic rings. The van der Waals surface area contributed by atoms with E-state index in [9.17, 15) is 24.4 Å². The zero-order valence-electron chi connectivity index (χ0n) is 12.0. The minimum Gasteiger partial charge on any atom is -0.507 e. The molecule has 2 aromatic rings. The van der Waals surface area contributed by atoms with Crippen molar-refractivity contribution in [1.29, 1.82) is 0 Å². The molecule has 0 unspecified atom stereocenters. The van der Waals surface area contributed by atoms with E-state index in [1.54, 1.807) is 0 Å². The number of hydrogen-bond donors (Lipinski definition) is 2. The lowest BCUT2D eigenvalue weighted by Crippen LogP contribution is -2.19. The number of non-ortho nitro benzene ring substituents is 1. The van der Waals surface area contributed by atoms with Crippen LogP contribution in [0.15, 0.2) is 47.6 Å². The molecule has 1 amide bonds. The van der Waals surface area contributed by atoms with Crippen LogP contribution in [0.5, 0.6) is 5.75 Å². The predicted octanol–water partition coefficient (Wildman–Crippen LogP) is 2.59. The van der Waals surface area contributed by atoms with Crippen molar-refractivity contribution >= 4 is 17.3 Å². The van der Waals surface area contributed by atoms with E-state index in [1.807, 2.05) is 0 Å². The van der Waals surface area contributed by atoms with E-state index in [0.29, 0.717) is 0 Å². The SMILES string of the molecule is C/C(=N\NC(=O)c1ccc([N+](=O)[O-])cc1)c1ccc(F)cc1O. The molecule has 7 nitrogen and oxygen atoms in total. The van der Waals surface area contributed by atoms with Crippen LogP contribution in [0.2, 0.25) is 0 Å². The monoisotopic (exact) mass is 317 g/mol. The van der Waals surface area contributed by atoms with Gasteiger partial charge in [-0.2, -0.15) is 5.10 Å². The van der Waals surface area contributed by atoms with E-state index in [0.717, 1.165) is 12.1 Å². The predicted molar refractivity (Wildman–Crippen MR) is 80.8 cm³/mol. The Bertz CT molecular complexity index is 788. The zero-order valence-corrected chi connectivity index (χ0v) is 12.0. The molecule has 0 heterocycles. The second kappa shape index (κ2) is 6.65. The maximum absolute atomic E-state index is 12.9. The highest BCUT2D eigenvalue weighted by atomic mass is 19.1. The van der Waals surface area contributed by atoms with E-state index < -0.39 is 16.6 Å². The Morgan fingerprint density at radius 1 is 1.26 bits per heavy atom. The zero-order chi connectivity index (χ0) is 17.0. The third-order valence-electron chi connectivity index (χ3n) is 3.02. The normalized spacial score (nSPS) is 11.1. The van der Waals surface area contributed by atoms with Gasteiger partial charge in [0.1, 0.15) is 11.6 Å². The van der Waals surface area contributed by atoms with Crippen LogP contribution in [0.4, 0.5) is 10.1 Å². The number of carbonyl (C=O) groups excluding carboxylic acids is 1. The smallest absolute Gasteiger partial charge is 0.271 e. The molecule has 0 saturated carbocycles. The van der Waals surface area contributed by atoms with Crippen LogP contribution in [-0.2, 0) is 0 Å². The minimum absolute atomic E-state index is 0.127. The fourth-order valence-electron chi connectivity index (χ4n) is 1.80. The van der Waals surface area contributed by atoms with Gasteiger partial charge in [0.25, 0.3) is 11.6 Å². The minimum atomic E-state index is -0.589. The molecule has 0 aliphatic heterocycles. The lowest BCUT2D eigenvalue weighted by molar-refractivity contribution is -0.384. The Hall–Kier alpha value is -3.29. The number of nitrogens with zero attached hydrogens (tertiary/aromatic N) is 2. The summed E-state index contributed by atoms with van der Waals surface area (Å²) in [5.74, 6) is -1.45. The van der Waals surface area contributed by atoms with Crippen molar-refractivity contribution in [3.8, 4) is 5.75 Å². The van der Waals surface area contributed by atoms with Crippen molar-refractivity contribution < 1.29 is 19.2 Å². The highest BCUT2D eigenvalue weighted by Gasteiger charge is 2.10. The van der Waals surface area contributed by atoms with E-state index in [2.05, 4.69) is 10.5 Å². The first-order valence-corrected chi connectivity index (χ1v) is 6.46. The van der Waals surface area contributed by atoms with Gasteiger partial charge in [0.05, 0.1) is 10.6 Å². The topological polar surface area (TPSA) is 105 Å². The summed E-state index contributed by atoms with van der Waals surface area (Å²) in [5.41, 5.74) is 2.87. The van der Waals surface area contributed by atoms with E-state index >= 15 is 0 Å². The average molecular weight is 317 g/mol. The van der Waals surface area contributed by atoms with Crippen molar-refractivity contribution in [1.82, 2.24) is 5.43 Å². The van der Waals surface area contributed by atoms with Crippen LogP contribution in [0.3, 0.4) is 0 Å². The first-order chi connectivity index (χ1) is 10.9. The van der Waals surface area contributed by atoms with Gasteiger partial charge in [-0.3, -0.25) is 14.9 Å². The van der Waals surface area contributed by atoms with Gasteiger partial charge >= 0.3 is 0 Å². The van der Waals surface area contributed by atoms with Crippen LogP contribution in [0.25, 0.3) is 0 Å². The molecule has 2 rings (SSSR count). The number of aromatic hydroxyl groups is 1. The molecule has 0 atom stereocenters. The quantitative estimate of drug-likeness (QED) is 0.513. The molecular weight excluding hydrogens is 305 g/mol. The molecule has 23 heavy (non-hydrogen) atoms. The number of rotatable bonds is 4. The van der Waals surface area contributed by atoms with Gasteiger partial charge in [-0.15, -0.1) is 0 Å². The summed E-state index contributed by atoms with van der Waals surface area (Å²) in [4.78, 5) is 21.9. The number of nitrogens with one attached hydrogen (secondary N) is 1. The molecule has 0 aliphatic carbocycles. The molecule has 0 aromatic heterocycles. The van der Waals surface area contributed by atoms with E-state index in [1.165, 1.54) is 37.3 Å². The van der Waals surface area contributed by atoms with Gasteiger partial charge in [0, 0.05) is 29.3 Å². The number of benzene rings is 2. The van der Waals surface area contributed by atoms with Gasteiger partial charge in [-0.25, -0.2) is 9.82 Å². The second-order valence-electron chi connectivity index (χ2n) is 4.60. The van der Waals surface area contributed by atoms with Crippen molar-refractivity contribution in [2.75, 3.05) is 0 Å². The van der Waals surface area contributed by atoms with Crippen molar-refractivity contribution in [3.63, 3.8) is 0 Å². The largest absolute Gasteiger partial charge is 0.507 e. The molecule has 0 bridgehead atoms. The highest BCUT2D eigenvalue weighted by Crippen LogP contribution is 2.18. The van der Waals surface area contributed by atoms with Crippen LogP contribution < -0.4 is 5.43 Å². The van der Waals surface area contributed by atoms with Crippen LogP contribution in [0.1, 0.15) is 22.8 Å². The fraction of sp³-hybridized carbons (Fsp3) is 0.0667. The summed E-state index contributed by atoms with van der Waals surface area (Å²) < 4.78 is 12.9. The number of hydrogen-bond acceptors (Lipinski definition) is 5. The number of nitro groups is 1. The molecule has 0 saturated heterocycles. The van der Waals surface area contributed by atoms with Gasteiger partial charge in [-0.1, -0.05) is 0 Å². The van der Waals surface area contributed by atoms with Gasteiger partial charge in [-0.05, 0) is 31.2 Å². The van der Waals surface area contributed by atoms with Crippen LogP contribution in [0, 0.1) is 15.9 Å². The van der Waals surface area contributed by atoms with E-state index in [-0.39, 0.29) is 28.3 Å². The lowest BCUT2D eigenvalue weighted by atomic mass is 10.1. The summed E-state index contributed by atoms with van der Waals surface area (Å²) >= 11 is 0. The Morgan fingerprint density at radius 3 is 2.48 bits per heavy atom. The number of phenolic OH excluding ortho intramolecular Hbond substituents is 1. The second-order valence-corrected chi connectivity index (χ2v) is 4.60. The molecule has 0 spiro atoms. The number of amides is 1. The number of phenols is 1. The fourth-order valence-corrected chi connectivity index (χ4v) is 1.80. The van der Waals surface area contributed by atoms with E-state index in [4.69, 9.17) is 0 Å². The molecule has 2 aromatic carbocycles. The third-order valence-corrected chi connectivity index (χ3v) is 3.02. The highest BCUT2D eigenvalue weighted by molar-refractivity contribution is 6.02. The lowest BCUT2D eigenvalue weighted by Gasteiger charge is -2.05. The molecular formula is C15H12FN3O4. The number of hydrazone groups is 1. The number of carbonyl (C=O) groups is 1. The standard InChI is InChI=1S/C15H12FN3O4/c1-9(13-7-4-11(16)8-14(13)20)17-18-15(21)10-2-5-12(6-3-10)19(22)23/h2-8,20H,1H3,(H,18,21)/b17-9+. The summed E-state index contributed by atoms with van der Waals surface area (Å²) in [7, 11) is 0. The molecule has 8 heteroatoms. The Balaban J connectivity index is 2.12. The summed E-state index contributed by atoms with van der Waals surface area (Å²) in [6, 6.07) is 8.44. The van der Waals surface area contributed by atoms with Gasteiger partial charge < -0.3 is 5.11 Å². The Labute approximate surface area is 130 Å². The Morgan fingerprint density at radius 2 is 1.91 bits per heavy atom. The molecule has 0 radical (unpaired) electrons. The first kappa shape index (κ1) is 16.1. The molecule has 2 N–H and O–H groups in total. The van der Waals surface area contributed by atoms with Crippen LogP contribution >= 0.6 is 0 Å². The van der Waals surface area contributed by atoms with Gasteiger partial charge in [0.15, 0.2) is 0 Å². The Kier molecular flexibility index (Phi) is 4.65. The summed E-state index contributed by atoms with van der Waals surface area (Å²) in [6.07, 6.45) is 0. The van der Waals surface area contributed by atoms with Crippen molar-refractivity contribution in [2.45, 2.75) is 6.92 Å². The first-order valence-electron chi connectivity index (χ1n) is 6.46. The summed E-state index contributed by atoms with van der Waals surface area (Å²) in [6.45, 7) is 1.53. The van der Waals surface area contributed by atoms with Gasteiger partial charge in [0.2, 0.25) is 0 Å². The maximum Gasteiger partial charge on any atom is 0.271 e. The maximum atomic E-state index is 12.9. The number of nitro benzene ring substituents is 1. The molecule has 0 fully saturated rings. The third kappa shape index (κ3) is 3.88. The molecule has 118 valence electrons. The van der Waals surface area contributed by atoms with Crippen LogP contribution in [-0.4, -0.2) is 21.6 Å². The van der Waals surface area contributed by atoms with Crippen molar-refractivity contribution in [2.24, 2.45) is 5.10 Å². The number of halogens is 1.